The highest BCUT2D eigenvalue weighted by molar-refractivity contribution is 7.98. The molecule has 4 rings (SSSR count). The SMILES string of the molecule is Cc1ccc(-c2nc(CSc3nnc4ccc(C(F)(F)F)cn34)cs2)o1. The van der Waals surface area contributed by atoms with Crippen molar-refractivity contribution in [2.75, 3.05) is 0 Å². The molecule has 0 saturated carbocycles. The molecule has 0 bridgehead atoms. The second kappa shape index (κ2) is 6.44. The first-order chi connectivity index (χ1) is 12.4. The van der Waals surface area contributed by atoms with Crippen LogP contribution >= 0.6 is 23.1 Å². The molecule has 0 aliphatic heterocycles. The molecule has 134 valence electrons. The van der Waals surface area contributed by atoms with Gasteiger partial charge in [0, 0.05) is 17.3 Å². The molecule has 0 aliphatic rings. The fourth-order valence-corrected chi connectivity index (χ4v) is 4.00. The topological polar surface area (TPSA) is 56.2 Å². The Morgan fingerprint density at radius 1 is 1.19 bits per heavy atom. The average molecular weight is 396 g/mol. The zero-order valence-electron chi connectivity index (χ0n) is 13.3. The summed E-state index contributed by atoms with van der Waals surface area (Å²) in [7, 11) is 0. The van der Waals surface area contributed by atoms with Crippen molar-refractivity contribution in [3.05, 3.63) is 52.9 Å². The second-order valence-corrected chi connectivity index (χ2v) is 7.27. The molecule has 10 heteroatoms. The average Bonchev–Trinajstić information content (AvgIpc) is 3.30. The molecule has 0 saturated heterocycles. The van der Waals surface area contributed by atoms with E-state index in [-0.39, 0.29) is 0 Å². The zero-order chi connectivity index (χ0) is 18.3. The monoisotopic (exact) mass is 396 g/mol. The van der Waals surface area contributed by atoms with Crippen LogP contribution in [0.4, 0.5) is 13.2 Å². The van der Waals surface area contributed by atoms with Crippen LogP contribution in [0.2, 0.25) is 0 Å². The molecule has 0 atom stereocenters. The van der Waals surface area contributed by atoms with Gasteiger partial charge in [-0.2, -0.15) is 13.2 Å². The van der Waals surface area contributed by atoms with Gasteiger partial charge in [-0.1, -0.05) is 11.8 Å². The number of furan rings is 1. The van der Waals surface area contributed by atoms with E-state index in [4.69, 9.17) is 4.42 Å². The predicted molar refractivity (Wildman–Crippen MR) is 92.1 cm³/mol. The maximum atomic E-state index is 12.9. The van der Waals surface area contributed by atoms with Gasteiger partial charge in [0.25, 0.3) is 0 Å². The lowest BCUT2D eigenvalue weighted by Gasteiger charge is -2.07. The maximum Gasteiger partial charge on any atom is 0.417 e. The number of thiazole rings is 1. The maximum absolute atomic E-state index is 12.9. The standard InChI is InChI=1S/C16H11F3N4OS2/c1-9-2-4-12(24-9)14-20-11(7-25-14)8-26-15-22-21-13-5-3-10(6-23(13)15)16(17,18)19/h2-7H,8H2,1H3. The summed E-state index contributed by atoms with van der Waals surface area (Å²) in [4.78, 5) is 4.50. The van der Waals surface area contributed by atoms with Gasteiger partial charge in [-0.15, -0.1) is 21.5 Å². The summed E-state index contributed by atoms with van der Waals surface area (Å²) >= 11 is 2.73. The van der Waals surface area contributed by atoms with Gasteiger partial charge in [-0.25, -0.2) is 4.98 Å². The van der Waals surface area contributed by atoms with Crippen molar-refractivity contribution in [3.63, 3.8) is 0 Å². The first kappa shape index (κ1) is 17.1. The first-order valence-corrected chi connectivity index (χ1v) is 9.33. The Kier molecular flexibility index (Phi) is 4.23. The van der Waals surface area contributed by atoms with E-state index >= 15 is 0 Å². The Bertz CT molecular complexity index is 1070. The van der Waals surface area contributed by atoms with Crippen LogP contribution < -0.4 is 0 Å². The molecule has 0 N–H and O–H groups in total. The highest BCUT2D eigenvalue weighted by atomic mass is 32.2. The van der Waals surface area contributed by atoms with Crippen molar-refractivity contribution in [1.82, 2.24) is 19.6 Å². The van der Waals surface area contributed by atoms with Gasteiger partial charge >= 0.3 is 6.18 Å². The third kappa shape index (κ3) is 3.34. The number of alkyl halides is 3. The third-order valence-electron chi connectivity index (χ3n) is 3.55. The summed E-state index contributed by atoms with van der Waals surface area (Å²) < 4.78 is 45.6. The Labute approximate surface area is 153 Å². The van der Waals surface area contributed by atoms with Crippen LogP contribution in [0.25, 0.3) is 16.4 Å². The number of fused-ring (bicyclic) bond motifs is 1. The number of hydrogen-bond acceptors (Lipinski definition) is 6. The normalized spacial score (nSPS) is 12.2. The van der Waals surface area contributed by atoms with E-state index in [2.05, 4.69) is 15.2 Å². The number of aryl methyl sites for hydroxylation is 1. The quantitative estimate of drug-likeness (QED) is 0.451. The van der Waals surface area contributed by atoms with Gasteiger partial charge in [-0.3, -0.25) is 4.40 Å². The van der Waals surface area contributed by atoms with Gasteiger partial charge in [0.05, 0.1) is 11.3 Å². The fraction of sp³-hybridized carbons (Fsp3) is 0.188. The highest BCUT2D eigenvalue weighted by Crippen LogP contribution is 2.31. The van der Waals surface area contributed by atoms with E-state index < -0.39 is 11.7 Å². The fourth-order valence-electron chi connectivity index (χ4n) is 2.31. The van der Waals surface area contributed by atoms with Crippen LogP contribution in [0.3, 0.4) is 0 Å². The molecule has 0 fully saturated rings. The molecule has 4 aromatic rings. The van der Waals surface area contributed by atoms with Gasteiger partial charge in [0.1, 0.15) is 5.76 Å². The minimum atomic E-state index is -4.41. The van der Waals surface area contributed by atoms with Gasteiger partial charge < -0.3 is 4.42 Å². The smallest absolute Gasteiger partial charge is 0.417 e. The Hall–Kier alpha value is -2.33. The third-order valence-corrected chi connectivity index (χ3v) is 5.43. The van der Waals surface area contributed by atoms with E-state index in [9.17, 15) is 13.2 Å². The number of aromatic nitrogens is 4. The van der Waals surface area contributed by atoms with Crippen LogP contribution in [0, 0.1) is 6.92 Å². The summed E-state index contributed by atoms with van der Waals surface area (Å²) in [6.45, 7) is 1.86. The van der Waals surface area contributed by atoms with Gasteiger partial charge in [0.2, 0.25) is 0 Å². The van der Waals surface area contributed by atoms with E-state index in [0.29, 0.717) is 22.3 Å². The number of nitrogens with zero attached hydrogens (tertiary/aromatic N) is 4. The predicted octanol–water partition coefficient (Wildman–Crippen LogP) is 5.07. The molecule has 0 spiro atoms. The second-order valence-electron chi connectivity index (χ2n) is 5.47. The molecule has 4 heterocycles. The molecular weight excluding hydrogens is 385 g/mol. The minimum absolute atomic E-state index is 0.366. The summed E-state index contributed by atoms with van der Waals surface area (Å²) in [6, 6.07) is 6.03. The van der Waals surface area contributed by atoms with Crippen molar-refractivity contribution in [2.45, 2.75) is 24.0 Å². The Morgan fingerprint density at radius 3 is 2.77 bits per heavy atom. The van der Waals surface area contributed by atoms with Crippen molar-refractivity contribution >= 4 is 28.7 Å². The lowest BCUT2D eigenvalue weighted by Crippen LogP contribution is -2.06. The number of rotatable bonds is 4. The van der Waals surface area contributed by atoms with Crippen molar-refractivity contribution in [2.24, 2.45) is 0 Å². The van der Waals surface area contributed by atoms with Crippen LogP contribution in [-0.4, -0.2) is 19.6 Å². The first-order valence-electron chi connectivity index (χ1n) is 7.46. The lowest BCUT2D eigenvalue weighted by atomic mass is 10.3. The molecule has 0 aromatic carbocycles. The molecule has 4 aromatic heterocycles. The molecule has 26 heavy (non-hydrogen) atoms. The molecule has 0 radical (unpaired) electrons. The summed E-state index contributed by atoms with van der Waals surface area (Å²) in [5.74, 6) is 1.97. The molecular formula is C16H11F3N4OS2. The number of pyridine rings is 1. The summed E-state index contributed by atoms with van der Waals surface area (Å²) in [5, 5.41) is 10.9. The Balaban J connectivity index is 1.54. The molecule has 5 nitrogen and oxygen atoms in total. The van der Waals surface area contributed by atoms with Crippen molar-refractivity contribution in [3.8, 4) is 10.8 Å². The molecule has 0 unspecified atom stereocenters. The minimum Gasteiger partial charge on any atom is -0.459 e. The van der Waals surface area contributed by atoms with Crippen LogP contribution in [-0.2, 0) is 11.9 Å². The van der Waals surface area contributed by atoms with Crippen molar-refractivity contribution in [1.29, 1.82) is 0 Å². The summed E-state index contributed by atoms with van der Waals surface area (Å²) in [6.07, 6.45) is -3.40. The molecule has 0 amide bonds. The van der Waals surface area contributed by atoms with Crippen molar-refractivity contribution < 1.29 is 17.6 Å². The summed E-state index contributed by atoms with van der Waals surface area (Å²) in [5.41, 5.74) is 0.425. The van der Waals surface area contributed by atoms with Crippen LogP contribution in [0.15, 0.2) is 45.4 Å². The number of thioether (sulfide) groups is 1. The zero-order valence-corrected chi connectivity index (χ0v) is 15.0. The van der Waals surface area contributed by atoms with Gasteiger partial charge in [-0.05, 0) is 31.2 Å². The van der Waals surface area contributed by atoms with E-state index in [1.165, 1.54) is 33.6 Å². The van der Waals surface area contributed by atoms with E-state index in [1.807, 2.05) is 24.4 Å². The lowest BCUT2D eigenvalue weighted by molar-refractivity contribution is -0.137. The van der Waals surface area contributed by atoms with Gasteiger partial charge in [0.15, 0.2) is 21.6 Å². The van der Waals surface area contributed by atoms with E-state index in [1.54, 1.807) is 0 Å². The molecule has 0 aliphatic carbocycles. The van der Waals surface area contributed by atoms with E-state index in [0.717, 1.165) is 28.7 Å². The number of hydrogen-bond donors (Lipinski definition) is 0. The van der Waals surface area contributed by atoms with Crippen LogP contribution in [0.5, 0.6) is 0 Å². The largest absolute Gasteiger partial charge is 0.459 e. The highest BCUT2D eigenvalue weighted by Gasteiger charge is 2.31. The Morgan fingerprint density at radius 2 is 2.04 bits per heavy atom. The van der Waals surface area contributed by atoms with Crippen LogP contribution in [0.1, 0.15) is 17.0 Å². The number of halogens is 3.